The van der Waals surface area contributed by atoms with Gasteiger partial charge in [-0.15, -0.1) is 0 Å². The van der Waals surface area contributed by atoms with E-state index in [2.05, 4.69) is 22.0 Å². The number of carbonyl (C=O) groups is 1. The lowest BCUT2D eigenvalue weighted by Crippen LogP contribution is -2.34. The zero-order valence-corrected chi connectivity index (χ0v) is 17.2. The van der Waals surface area contributed by atoms with E-state index in [-0.39, 0.29) is 11.7 Å². The topological polar surface area (TPSA) is 83.2 Å². The standard InChI is InChI=1S/C23H19BrN2O3/c24-15-10-8-14(9-11-15)13-28-19-6-2-1-4-16(19)21-17(12-25)23(26)29-20-7-3-5-18(27)22(20)21/h1-2,4,6,8-11,17,21,26H,3,5,7,13H2. The molecule has 1 heterocycles. The Morgan fingerprint density at radius 3 is 2.69 bits per heavy atom. The molecule has 0 saturated heterocycles. The zero-order chi connectivity index (χ0) is 20.4. The number of para-hydroxylation sites is 1. The summed E-state index contributed by atoms with van der Waals surface area (Å²) in [5, 5.41) is 18.0. The van der Waals surface area contributed by atoms with Crippen molar-refractivity contribution in [2.75, 3.05) is 0 Å². The summed E-state index contributed by atoms with van der Waals surface area (Å²) in [6.45, 7) is 0.363. The van der Waals surface area contributed by atoms with Gasteiger partial charge in [0.05, 0.1) is 6.07 Å². The maximum atomic E-state index is 12.7. The molecule has 0 amide bonds. The van der Waals surface area contributed by atoms with Gasteiger partial charge in [-0.25, -0.2) is 0 Å². The third-order valence-electron chi connectivity index (χ3n) is 5.27. The van der Waals surface area contributed by atoms with E-state index >= 15 is 0 Å². The Balaban J connectivity index is 1.72. The van der Waals surface area contributed by atoms with Crippen LogP contribution >= 0.6 is 15.9 Å². The van der Waals surface area contributed by atoms with Gasteiger partial charge in [-0.2, -0.15) is 5.26 Å². The van der Waals surface area contributed by atoms with Crippen molar-refractivity contribution in [1.29, 1.82) is 10.7 Å². The van der Waals surface area contributed by atoms with Crippen LogP contribution in [0.2, 0.25) is 0 Å². The molecule has 2 unspecified atom stereocenters. The molecule has 146 valence electrons. The van der Waals surface area contributed by atoms with Gasteiger partial charge in [0, 0.05) is 34.4 Å². The van der Waals surface area contributed by atoms with E-state index < -0.39 is 11.8 Å². The summed E-state index contributed by atoms with van der Waals surface area (Å²) in [6, 6.07) is 17.5. The number of Topliss-reactive ketones (excluding diaryl/α,β-unsaturated/α-hetero) is 1. The first-order chi connectivity index (χ1) is 14.1. The van der Waals surface area contributed by atoms with Crippen molar-refractivity contribution >= 4 is 27.6 Å². The van der Waals surface area contributed by atoms with Crippen LogP contribution in [0.1, 0.15) is 36.3 Å². The van der Waals surface area contributed by atoms with Crippen LogP contribution in [0, 0.1) is 22.7 Å². The summed E-state index contributed by atoms with van der Waals surface area (Å²) in [5.41, 5.74) is 2.28. The number of halogens is 1. The fourth-order valence-electron chi connectivity index (χ4n) is 3.88. The molecule has 4 rings (SSSR count). The van der Waals surface area contributed by atoms with E-state index in [0.29, 0.717) is 43.0 Å². The van der Waals surface area contributed by atoms with Gasteiger partial charge in [0.2, 0.25) is 5.90 Å². The third kappa shape index (κ3) is 3.83. The fraction of sp³-hybridized carbons (Fsp3) is 0.261. The number of rotatable bonds is 4. The first-order valence-corrected chi connectivity index (χ1v) is 10.3. The largest absolute Gasteiger partial charge is 0.489 e. The van der Waals surface area contributed by atoms with Crippen LogP contribution in [0.4, 0.5) is 0 Å². The maximum absolute atomic E-state index is 12.7. The summed E-state index contributed by atoms with van der Waals surface area (Å²) in [6.07, 6.45) is 1.75. The molecular formula is C23H19BrN2O3. The van der Waals surface area contributed by atoms with Gasteiger partial charge < -0.3 is 9.47 Å². The minimum Gasteiger partial charge on any atom is -0.489 e. The van der Waals surface area contributed by atoms with Crippen LogP contribution in [-0.2, 0) is 16.1 Å². The second-order valence-electron chi connectivity index (χ2n) is 7.12. The number of allylic oxidation sites excluding steroid dienone is 2. The summed E-state index contributed by atoms with van der Waals surface area (Å²) in [4.78, 5) is 12.7. The lowest BCUT2D eigenvalue weighted by Gasteiger charge is -2.34. The molecule has 29 heavy (non-hydrogen) atoms. The van der Waals surface area contributed by atoms with Crippen molar-refractivity contribution < 1.29 is 14.3 Å². The highest BCUT2D eigenvalue weighted by Crippen LogP contribution is 2.45. The second kappa shape index (κ2) is 8.22. The molecule has 1 aliphatic carbocycles. The Morgan fingerprint density at radius 2 is 1.93 bits per heavy atom. The molecule has 0 spiro atoms. The van der Waals surface area contributed by atoms with Gasteiger partial charge >= 0.3 is 0 Å². The molecule has 0 bridgehead atoms. The highest BCUT2D eigenvalue weighted by molar-refractivity contribution is 9.10. The average molecular weight is 451 g/mol. The van der Waals surface area contributed by atoms with Gasteiger partial charge in [0.25, 0.3) is 0 Å². The van der Waals surface area contributed by atoms with Crippen molar-refractivity contribution in [2.45, 2.75) is 31.8 Å². The monoisotopic (exact) mass is 450 g/mol. The predicted molar refractivity (Wildman–Crippen MR) is 111 cm³/mol. The molecule has 2 aromatic carbocycles. The number of nitrogens with one attached hydrogen (secondary N) is 1. The lowest BCUT2D eigenvalue weighted by molar-refractivity contribution is -0.116. The quantitative estimate of drug-likeness (QED) is 0.687. The molecule has 2 atom stereocenters. The van der Waals surface area contributed by atoms with Crippen molar-refractivity contribution in [2.24, 2.45) is 5.92 Å². The van der Waals surface area contributed by atoms with Gasteiger partial charge in [0.15, 0.2) is 5.78 Å². The molecule has 0 fully saturated rings. The normalized spacial score (nSPS) is 21.2. The highest BCUT2D eigenvalue weighted by Gasteiger charge is 2.43. The predicted octanol–water partition coefficient (Wildman–Crippen LogP) is 5.27. The van der Waals surface area contributed by atoms with E-state index in [9.17, 15) is 10.1 Å². The van der Waals surface area contributed by atoms with Crippen molar-refractivity contribution in [3.63, 3.8) is 0 Å². The molecule has 2 aliphatic rings. The second-order valence-corrected chi connectivity index (χ2v) is 8.03. The molecule has 1 aliphatic heterocycles. The van der Waals surface area contributed by atoms with E-state index in [1.165, 1.54) is 0 Å². The maximum Gasteiger partial charge on any atom is 0.205 e. The summed E-state index contributed by atoms with van der Waals surface area (Å²) >= 11 is 3.42. The van der Waals surface area contributed by atoms with Crippen LogP contribution in [0.15, 0.2) is 64.3 Å². The van der Waals surface area contributed by atoms with Crippen LogP contribution in [-0.4, -0.2) is 11.7 Å². The number of hydrogen-bond acceptors (Lipinski definition) is 5. The summed E-state index contributed by atoms with van der Waals surface area (Å²) in [5.74, 6) is -0.371. The van der Waals surface area contributed by atoms with E-state index in [4.69, 9.17) is 14.9 Å². The summed E-state index contributed by atoms with van der Waals surface area (Å²) < 4.78 is 12.7. The molecule has 1 N–H and O–H groups in total. The van der Waals surface area contributed by atoms with Gasteiger partial charge in [-0.3, -0.25) is 10.2 Å². The van der Waals surface area contributed by atoms with E-state index in [0.717, 1.165) is 15.6 Å². The van der Waals surface area contributed by atoms with Crippen molar-refractivity contribution in [1.82, 2.24) is 0 Å². The first kappa shape index (κ1) is 19.4. The molecule has 0 radical (unpaired) electrons. The Morgan fingerprint density at radius 1 is 1.17 bits per heavy atom. The van der Waals surface area contributed by atoms with Crippen molar-refractivity contribution in [3.05, 3.63) is 75.5 Å². The minimum absolute atomic E-state index is 0.00767. The molecular weight excluding hydrogens is 432 g/mol. The number of carbonyl (C=O) groups excluding carboxylic acids is 1. The van der Waals surface area contributed by atoms with Crippen molar-refractivity contribution in [3.8, 4) is 11.8 Å². The Kier molecular flexibility index (Phi) is 5.50. The molecule has 2 aromatic rings. The number of ether oxygens (including phenoxy) is 2. The molecule has 6 heteroatoms. The van der Waals surface area contributed by atoms with Gasteiger partial charge in [-0.05, 0) is 30.2 Å². The lowest BCUT2D eigenvalue weighted by atomic mass is 9.74. The van der Waals surface area contributed by atoms with Crippen LogP contribution in [0.25, 0.3) is 0 Å². The number of benzene rings is 2. The smallest absolute Gasteiger partial charge is 0.205 e. The number of ketones is 1. The van der Waals surface area contributed by atoms with Crippen LogP contribution < -0.4 is 4.74 Å². The number of nitrogens with zero attached hydrogens (tertiary/aromatic N) is 1. The molecule has 0 aromatic heterocycles. The Bertz CT molecular complexity index is 1040. The molecule has 5 nitrogen and oxygen atoms in total. The van der Waals surface area contributed by atoms with Gasteiger partial charge in [-0.1, -0.05) is 46.3 Å². The highest BCUT2D eigenvalue weighted by atomic mass is 79.9. The summed E-state index contributed by atoms with van der Waals surface area (Å²) in [7, 11) is 0. The first-order valence-electron chi connectivity index (χ1n) is 9.47. The van der Waals surface area contributed by atoms with Gasteiger partial charge in [0.1, 0.15) is 24.0 Å². The SMILES string of the molecule is N#CC1C(=N)OC2=C(C(=O)CCC2)C1c1ccccc1OCc1ccc(Br)cc1. The average Bonchev–Trinajstić information content (AvgIpc) is 2.73. The number of nitriles is 1. The van der Waals surface area contributed by atoms with Crippen LogP contribution in [0.3, 0.4) is 0 Å². The minimum atomic E-state index is -0.853. The van der Waals surface area contributed by atoms with E-state index in [1.54, 1.807) is 0 Å². The Labute approximate surface area is 177 Å². The third-order valence-corrected chi connectivity index (χ3v) is 5.80. The van der Waals surface area contributed by atoms with E-state index in [1.807, 2.05) is 48.5 Å². The molecule has 0 saturated carbocycles. The Hall–Kier alpha value is -2.91. The zero-order valence-electron chi connectivity index (χ0n) is 15.7. The van der Waals surface area contributed by atoms with Crippen LogP contribution in [0.5, 0.6) is 5.75 Å². The number of hydrogen-bond donors (Lipinski definition) is 1. The fourth-order valence-corrected chi connectivity index (χ4v) is 4.14.